The molecular formula is C30H37NO3S. The number of fused-ring (bicyclic) bond motifs is 1. The summed E-state index contributed by atoms with van der Waals surface area (Å²) in [6.45, 7) is 13.3. The van der Waals surface area contributed by atoms with E-state index in [1.807, 2.05) is 12.1 Å². The van der Waals surface area contributed by atoms with Crippen molar-refractivity contribution in [1.82, 2.24) is 0 Å². The van der Waals surface area contributed by atoms with Crippen LogP contribution in [0, 0.1) is 13.8 Å². The number of rotatable bonds is 7. The van der Waals surface area contributed by atoms with Crippen LogP contribution in [0.15, 0.2) is 54.6 Å². The van der Waals surface area contributed by atoms with Crippen LogP contribution in [0.4, 0.5) is 5.69 Å². The Hall–Kier alpha value is -2.63. The van der Waals surface area contributed by atoms with E-state index in [-0.39, 0.29) is 11.7 Å². The number of ether oxygens (including phenoxy) is 2. The molecule has 0 fully saturated rings. The number of nitrogens with one attached hydrogen (secondary N) is 1. The maximum Gasteiger partial charge on any atom is 0.122 e. The zero-order chi connectivity index (χ0) is 25.2. The first kappa shape index (κ1) is 25.5. The number of hydrogen-bond donors (Lipinski definition) is 1. The van der Waals surface area contributed by atoms with Gasteiger partial charge in [0, 0.05) is 5.69 Å². The molecular weight excluding hydrogens is 454 g/mol. The molecule has 2 atom stereocenters. The highest BCUT2D eigenvalue weighted by molar-refractivity contribution is 7.85. The van der Waals surface area contributed by atoms with E-state index in [0.717, 1.165) is 47.6 Å². The zero-order valence-corrected chi connectivity index (χ0v) is 22.6. The molecule has 1 aliphatic heterocycles. The molecule has 3 aromatic carbocycles. The molecule has 35 heavy (non-hydrogen) atoms. The second-order valence-corrected chi connectivity index (χ2v) is 11.7. The Balaban J connectivity index is 1.68. The van der Waals surface area contributed by atoms with Crippen LogP contribution < -0.4 is 9.46 Å². The Morgan fingerprint density at radius 1 is 1.06 bits per heavy atom. The summed E-state index contributed by atoms with van der Waals surface area (Å²) >= 11 is 0. The van der Waals surface area contributed by atoms with Crippen LogP contribution in [-0.2, 0) is 27.9 Å². The molecule has 0 aliphatic carbocycles. The average molecular weight is 492 g/mol. The van der Waals surface area contributed by atoms with Gasteiger partial charge in [0.05, 0.1) is 24.1 Å². The molecule has 0 spiro atoms. The van der Waals surface area contributed by atoms with E-state index in [1.165, 1.54) is 22.3 Å². The summed E-state index contributed by atoms with van der Waals surface area (Å²) in [5, 5.41) is 0. The number of hydrogen-bond acceptors (Lipinski definition) is 3. The van der Waals surface area contributed by atoms with Crippen LogP contribution >= 0.6 is 0 Å². The molecule has 0 saturated carbocycles. The fourth-order valence-electron chi connectivity index (χ4n) is 4.70. The summed E-state index contributed by atoms with van der Waals surface area (Å²) in [6.07, 6.45) is 1.94. The standard InChI is InChI=1S/C30H37NO3S/c1-20-9-11-23(12-10-20)19-35(32)31-26-16-21(2)29(27(18-26)22(3)34-30(4,5)6)25-13-14-28-24(17-25)8-7-15-33-28/h9-14,16-18,22,31H,7-8,15,19H2,1-6H3. The molecule has 0 saturated heterocycles. The molecule has 4 rings (SSSR count). The quantitative estimate of drug-likeness (QED) is 0.373. The first-order valence-corrected chi connectivity index (χ1v) is 13.7. The van der Waals surface area contributed by atoms with Gasteiger partial charge in [-0.1, -0.05) is 35.9 Å². The van der Waals surface area contributed by atoms with E-state index in [1.54, 1.807) is 0 Å². The van der Waals surface area contributed by atoms with Gasteiger partial charge in [0.1, 0.15) is 16.7 Å². The lowest BCUT2D eigenvalue weighted by Gasteiger charge is -2.28. The van der Waals surface area contributed by atoms with E-state index in [2.05, 4.69) is 88.7 Å². The summed E-state index contributed by atoms with van der Waals surface area (Å²) in [5.41, 5.74) is 8.61. The fourth-order valence-corrected chi connectivity index (χ4v) is 5.65. The minimum atomic E-state index is -1.24. The van der Waals surface area contributed by atoms with Gasteiger partial charge in [-0.2, -0.15) is 0 Å². The summed E-state index contributed by atoms with van der Waals surface area (Å²) in [5.74, 6) is 1.44. The number of benzene rings is 3. The van der Waals surface area contributed by atoms with Crippen molar-refractivity contribution in [2.75, 3.05) is 11.3 Å². The van der Waals surface area contributed by atoms with Crippen LogP contribution in [0.25, 0.3) is 11.1 Å². The van der Waals surface area contributed by atoms with Crippen molar-refractivity contribution < 1.29 is 13.7 Å². The molecule has 4 nitrogen and oxygen atoms in total. The van der Waals surface area contributed by atoms with Gasteiger partial charge in [0.25, 0.3) is 0 Å². The second kappa shape index (κ2) is 10.5. The zero-order valence-electron chi connectivity index (χ0n) is 21.7. The molecule has 1 heterocycles. The summed E-state index contributed by atoms with van der Waals surface area (Å²) in [6, 6.07) is 18.9. The largest absolute Gasteiger partial charge is 0.493 e. The molecule has 5 heteroatoms. The third-order valence-corrected chi connectivity index (χ3v) is 7.24. The minimum Gasteiger partial charge on any atom is -0.493 e. The molecule has 1 aliphatic rings. The van der Waals surface area contributed by atoms with Gasteiger partial charge < -0.3 is 14.2 Å². The molecule has 0 bridgehead atoms. The predicted molar refractivity (Wildman–Crippen MR) is 146 cm³/mol. The SMILES string of the molecule is Cc1ccc(CS(=O)Nc2cc(C)c(-c3ccc4c(c3)CCCO4)c(C(C)OC(C)(C)C)c2)cc1. The summed E-state index contributed by atoms with van der Waals surface area (Å²) in [4.78, 5) is 0. The predicted octanol–water partition coefficient (Wildman–Crippen LogP) is 7.45. The topological polar surface area (TPSA) is 47.6 Å². The molecule has 0 aromatic heterocycles. The molecule has 0 radical (unpaired) electrons. The van der Waals surface area contributed by atoms with Crippen molar-refractivity contribution in [2.45, 2.75) is 71.8 Å². The monoisotopic (exact) mass is 491 g/mol. The maximum absolute atomic E-state index is 13.0. The molecule has 2 unspecified atom stereocenters. The van der Waals surface area contributed by atoms with E-state index in [9.17, 15) is 4.21 Å². The van der Waals surface area contributed by atoms with Gasteiger partial charge >= 0.3 is 0 Å². The van der Waals surface area contributed by atoms with Gasteiger partial charge in [-0.25, -0.2) is 4.21 Å². The summed E-state index contributed by atoms with van der Waals surface area (Å²) < 4.78 is 28.4. The lowest BCUT2D eigenvalue weighted by Crippen LogP contribution is -2.22. The van der Waals surface area contributed by atoms with E-state index < -0.39 is 11.0 Å². The van der Waals surface area contributed by atoms with Crippen molar-refractivity contribution >= 4 is 16.7 Å². The van der Waals surface area contributed by atoms with Crippen LogP contribution in [0.2, 0.25) is 0 Å². The Labute approximate surface area is 212 Å². The molecule has 0 amide bonds. The summed E-state index contributed by atoms with van der Waals surface area (Å²) in [7, 11) is -1.24. The fraction of sp³-hybridized carbons (Fsp3) is 0.400. The van der Waals surface area contributed by atoms with Crippen molar-refractivity contribution in [3.63, 3.8) is 0 Å². The van der Waals surface area contributed by atoms with E-state index in [4.69, 9.17) is 9.47 Å². The smallest absolute Gasteiger partial charge is 0.122 e. The highest BCUT2D eigenvalue weighted by Crippen LogP contribution is 2.39. The second-order valence-electron chi connectivity index (χ2n) is 10.5. The minimum absolute atomic E-state index is 0.136. The third kappa shape index (κ3) is 6.53. The van der Waals surface area contributed by atoms with Crippen molar-refractivity contribution in [2.24, 2.45) is 0 Å². The van der Waals surface area contributed by atoms with Gasteiger partial charge in [-0.3, -0.25) is 0 Å². The van der Waals surface area contributed by atoms with Gasteiger partial charge in [0.2, 0.25) is 0 Å². The van der Waals surface area contributed by atoms with Crippen LogP contribution in [-0.4, -0.2) is 16.4 Å². The van der Waals surface area contributed by atoms with Crippen molar-refractivity contribution in [3.05, 3.63) is 82.4 Å². The average Bonchev–Trinajstić information content (AvgIpc) is 2.79. The van der Waals surface area contributed by atoms with E-state index >= 15 is 0 Å². The Bertz CT molecular complexity index is 1210. The maximum atomic E-state index is 13.0. The molecule has 3 aromatic rings. The van der Waals surface area contributed by atoms with Crippen LogP contribution in [0.1, 0.15) is 68.0 Å². The van der Waals surface area contributed by atoms with Gasteiger partial charge in [-0.05, 0) is 112 Å². The van der Waals surface area contributed by atoms with E-state index in [0.29, 0.717) is 5.75 Å². The van der Waals surface area contributed by atoms with Crippen LogP contribution in [0.5, 0.6) is 5.75 Å². The highest BCUT2D eigenvalue weighted by Gasteiger charge is 2.23. The third-order valence-electron chi connectivity index (χ3n) is 6.18. The Kier molecular flexibility index (Phi) is 7.67. The molecule has 186 valence electrons. The van der Waals surface area contributed by atoms with Gasteiger partial charge in [0.15, 0.2) is 0 Å². The number of aryl methyl sites for hydroxylation is 3. The first-order chi connectivity index (χ1) is 16.6. The van der Waals surface area contributed by atoms with Crippen molar-refractivity contribution in [3.8, 4) is 16.9 Å². The normalized spacial score (nSPS) is 15.1. The highest BCUT2D eigenvalue weighted by atomic mass is 32.2. The lowest BCUT2D eigenvalue weighted by molar-refractivity contribution is -0.0527. The Morgan fingerprint density at radius 2 is 1.80 bits per heavy atom. The van der Waals surface area contributed by atoms with Crippen LogP contribution in [0.3, 0.4) is 0 Å². The van der Waals surface area contributed by atoms with Gasteiger partial charge in [-0.15, -0.1) is 0 Å². The van der Waals surface area contributed by atoms with Crippen molar-refractivity contribution in [1.29, 1.82) is 0 Å². The Morgan fingerprint density at radius 3 is 2.51 bits per heavy atom. The number of anilines is 1. The first-order valence-electron chi connectivity index (χ1n) is 12.4. The lowest BCUT2D eigenvalue weighted by atomic mass is 9.90. The molecule has 1 N–H and O–H groups in total.